The molecule has 5 heteroatoms. The fraction of sp³-hybridized carbons (Fsp3) is 0.625. The first-order valence-electron chi connectivity index (χ1n) is 4.10. The third-order valence-corrected chi connectivity index (χ3v) is 3.33. The molecule has 0 saturated carbocycles. The minimum atomic E-state index is 0.00992. The molecule has 1 aromatic heterocycles. The summed E-state index contributed by atoms with van der Waals surface area (Å²) in [6.45, 7) is 1.94. The van der Waals surface area contributed by atoms with Gasteiger partial charge in [0, 0.05) is 11.1 Å². The van der Waals surface area contributed by atoms with Crippen LogP contribution in [0.2, 0.25) is 0 Å². The Kier molecular flexibility index (Phi) is 3.16. The molecule has 1 aromatic rings. The second-order valence-electron chi connectivity index (χ2n) is 2.73. The first-order valence-corrected chi connectivity index (χ1v) is 5.45. The van der Waals surface area contributed by atoms with Crippen LogP contribution in [0, 0.1) is 0 Å². The van der Waals surface area contributed by atoms with Gasteiger partial charge in [0.25, 0.3) is 0 Å². The van der Waals surface area contributed by atoms with Crippen molar-refractivity contribution < 1.29 is 9.47 Å². The van der Waals surface area contributed by atoms with E-state index in [0.29, 0.717) is 25.7 Å². The molecule has 1 fully saturated rings. The van der Waals surface area contributed by atoms with Gasteiger partial charge in [0.15, 0.2) is 0 Å². The molecule has 1 saturated heterocycles. The minimum absolute atomic E-state index is 0.00992. The summed E-state index contributed by atoms with van der Waals surface area (Å²) in [5.41, 5.74) is 0. The van der Waals surface area contributed by atoms with Crippen LogP contribution >= 0.6 is 22.9 Å². The standard InChI is InChI=1S/C8H10ClNO2S/c9-3-6-4-10-8(13-6)7-5-11-1-2-12-7/h4,7H,1-3,5H2. The van der Waals surface area contributed by atoms with Gasteiger partial charge in [0.2, 0.25) is 0 Å². The van der Waals surface area contributed by atoms with Gasteiger partial charge in [-0.15, -0.1) is 22.9 Å². The second-order valence-corrected chi connectivity index (χ2v) is 4.15. The van der Waals surface area contributed by atoms with E-state index in [4.69, 9.17) is 21.1 Å². The highest BCUT2D eigenvalue weighted by Gasteiger charge is 2.19. The SMILES string of the molecule is ClCc1cnc(C2COCCO2)s1. The Morgan fingerprint density at radius 2 is 2.54 bits per heavy atom. The predicted octanol–water partition coefficient (Wildman–Crippen LogP) is 1.97. The molecule has 2 heterocycles. The van der Waals surface area contributed by atoms with Crippen LogP contribution in [-0.4, -0.2) is 24.8 Å². The summed E-state index contributed by atoms with van der Waals surface area (Å²) in [7, 11) is 0. The summed E-state index contributed by atoms with van der Waals surface area (Å²) in [6, 6.07) is 0. The van der Waals surface area contributed by atoms with E-state index in [9.17, 15) is 0 Å². The fourth-order valence-electron chi connectivity index (χ4n) is 1.16. The van der Waals surface area contributed by atoms with Crippen LogP contribution in [0.3, 0.4) is 0 Å². The number of aromatic nitrogens is 1. The van der Waals surface area contributed by atoms with Crippen LogP contribution < -0.4 is 0 Å². The number of hydrogen-bond donors (Lipinski definition) is 0. The molecule has 1 unspecified atom stereocenters. The quantitative estimate of drug-likeness (QED) is 0.713. The maximum absolute atomic E-state index is 5.68. The van der Waals surface area contributed by atoms with Gasteiger partial charge < -0.3 is 9.47 Å². The van der Waals surface area contributed by atoms with Crippen molar-refractivity contribution in [3.63, 3.8) is 0 Å². The largest absolute Gasteiger partial charge is 0.376 e. The van der Waals surface area contributed by atoms with E-state index >= 15 is 0 Å². The van der Waals surface area contributed by atoms with Gasteiger partial charge in [-0.1, -0.05) is 0 Å². The van der Waals surface area contributed by atoms with Gasteiger partial charge in [-0.2, -0.15) is 0 Å². The first-order chi connectivity index (χ1) is 6.40. The monoisotopic (exact) mass is 219 g/mol. The lowest BCUT2D eigenvalue weighted by molar-refractivity contribution is -0.0901. The van der Waals surface area contributed by atoms with E-state index in [2.05, 4.69) is 4.98 Å². The smallest absolute Gasteiger partial charge is 0.132 e. The number of ether oxygens (including phenoxy) is 2. The Balaban J connectivity index is 2.05. The number of rotatable bonds is 2. The Morgan fingerprint density at radius 1 is 1.62 bits per heavy atom. The van der Waals surface area contributed by atoms with Crippen LogP contribution in [0.5, 0.6) is 0 Å². The normalized spacial score (nSPS) is 23.3. The van der Waals surface area contributed by atoms with E-state index in [1.54, 1.807) is 17.5 Å². The van der Waals surface area contributed by atoms with E-state index < -0.39 is 0 Å². The summed E-state index contributed by atoms with van der Waals surface area (Å²) in [5.74, 6) is 0.519. The van der Waals surface area contributed by atoms with Crippen molar-refractivity contribution in [1.29, 1.82) is 0 Å². The molecule has 1 atom stereocenters. The van der Waals surface area contributed by atoms with Crippen molar-refractivity contribution >= 4 is 22.9 Å². The van der Waals surface area contributed by atoms with Crippen molar-refractivity contribution in [1.82, 2.24) is 4.98 Å². The lowest BCUT2D eigenvalue weighted by Crippen LogP contribution is -2.21. The van der Waals surface area contributed by atoms with E-state index in [0.717, 1.165) is 9.88 Å². The minimum Gasteiger partial charge on any atom is -0.376 e. The summed E-state index contributed by atoms with van der Waals surface area (Å²) in [6.07, 6.45) is 1.81. The van der Waals surface area contributed by atoms with Crippen molar-refractivity contribution in [3.8, 4) is 0 Å². The number of thiazole rings is 1. The molecule has 0 radical (unpaired) electrons. The number of nitrogens with zero attached hydrogens (tertiary/aromatic N) is 1. The zero-order chi connectivity index (χ0) is 9.10. The molecule has 1 aliphatic heterocycles. The van der Waals surface area contributed by atoms with Gasteiger partial charge >= 0.3 is 0 Å². The van der Waals surface area contributed by atoms with Crippen molar-refractivity contribution in [2.24, 2.45) is 0 Å². The molecular weight excluding hydrogens is 210 g/mol. The molecule has 0 N–H and O–H groups in total. The van der Waals surface area contributed by atoms with Gasteiger partial charge in [0.1, 0.15) is 11.1 Å². The van der Waals surface area contributed by atoms with Gasteiger partial charge in [-0.3, -0.25) is 0 Å². The molecular formula is C8H10ClNO2S. The van der Waals surface area contributed by atoms with E-state index in [1.807, 2.05) is 0 Å². The van der Waals surface area contributed by atoms with Gasteiger partial charge in [0.05, 0.1) is 25.7 Å². The highest BCUT2D eigenvalue weighted by molar-refractivity contribution is 7.11. The molecule has 13 heavy (non-hydrogen) atoms. The molecule has 3 nitrogen and oxygen atoms in total. The maximum atomic E-state index is 5.68. The van der Waals surface area contributed by atoms with Gasteiger partial charge in [-0.25, -0.2) is 4.98 Å². The second kappa shape index (κ2) is 4.37. The van der Waals surface area contributed by atoms with Crippen molar-refractivity contribution in [2.75, 3.05) is 19.8 Å². The first kappa shape index (κ1) is 9.40. The van der Waals surface area contributed by atoms with Gasteiger partial charge in [-0.05, 0) is 0 Å². The van der Waals surface area contributed by atoms with Crippen LogP contribution in [-0.2, 0) is 15.4 Å². The molecule has 2 rings (SSSR count). The zero-order valence-electron chi connectivity index (χ0n) is 7.03. The lowest BCUT2D eigenvalue weighted by Gasteiger charge is -2.20. The van der Waals surface area contributed by atoms with Crippen LogP contribution in [0.4, 0.5) is 0 Å². The fourth-order valence-corrected chi connectivity index (χ4v) is 2.20. The Labute approximate surface area is 85.6 Å². The highest BCUT2D eigenvalue weighted by Crippen LogP contribution is 2.25. The number of halogens is 1. The third kappa shape index (κ3) is 2.20. The molecule has 72 valence electrons. The topological polar surface area (TPSA) is 31.4 Å². The zero-order valence-corrected chi connectivity index (χ0v) is 8.61. The molecule has 0 aromatic carbocycles. The maximum Gasteiger partial charge on any atom is 0.132 e. The Morgan fingerprint density at radius 3 is 3.15 bits per heavy atom. The third-order valence-electron chi connectivity index (χ3n) is 1.79. The Bertz CT molecular complexity index is 273. The van der Waals surface area contributed by atoms with Crippen LogP contribution in [0.1, 0.15) is 16.0 Å². The molecule has 0 bridgehead atoms. The average Bonchev–Trinajstić information content (AvgIpc) is 2.67. The Hall–Kier alpha value is -0.160. The summed E-state index contributed by atoms with van der Waals surface area (Å²) in [5, 5.41) is 0.968. The number of hydrogen-bond acceptors (Lipinski definition) is 4. The van der Waals surface area contributed by atoms with E-state index in [1.165, 1.54) is 0 Å². The molecule has 0 aliphatic carbocycles. The number of alkyl halides is 1. The molecule has 0 amide bonds. The summed E-state index contributed by atoms with van der Waals surface area (Å²) < 4.78 is 10.8. The highest BCUT2D eigenvalue weighted by atomic mass is 35.5. The summed E-state index contributed by atoms with van der Waals surface area (Å²) in [4.78, 5) is 5.31. The van der Waals surface area contributed by atoms with Crippen molar-refractivity contribution in [3.05, 3.63) is 16.1 Å². The summed E-state index contributed by atoms with van der Waals surface area (Å²) >= 11 is 7.27. The van der Waals surface area contributed by atoms with Crippen LogP contribution in [0.25, 0.3) is 0 Å². The molecule has 1 aliphatic rings. The van der Waals surface area contributed by atoms with E-state index in [-0.39, 0.29) is 6.10 Å². The predicted molar refractivity (Wildman–Crippen MR) is 51.2 cm³/mol. The average molecular weight is 220 g/mol. The van der Waals surface area contributed by atoms with Crippen molar-refractivity contribution in [2.45, 2.75) is 12.0 Å². The molecule has 0 spiro atoms. The lowest BCUT2D eigenvalue weighted by atomic mass is 10.4. The van der Waals surface area contributed by atoms with Crippen LogP contribution in [0.15, 0.2) is 6.20 Å².